The average molecular weight is 704 g/mol. The minimum atomic E-state index is -1.80. The Morgan fingerprint density at radius 3 is 0.523 bits per heavy atom. The molecule has 0 saturated carbocycles. The Morgan fingerprint density at radius 2 is 0.364 bits per heavy atom. The monoisotopic (exact) mass is 703 g/mol. The van der Waals surface area contributed by atoms with Crippen molar-refractivity contribution in [3.05, 3.63) is 0 Å². The fourth-order valence-electron chi connectivity index (χ4n) is 7.59. The maximum absolute atomic E-state index is 4.82. The van der Waals surface area contributed by atoms with Crippen LogP contribution in [0.4, 0.5) is 0 Å². The molecule has 0 aliphatic carbocycles. The van der Waals surface area contributed by atoms with E-state index in [1.165, 1.54) is 218 Å². The zero-order valence-corrected chi connectivity index (χ0v) is 34.2. The van der Waals surface area contributed by atoms with Gasteiger partial charge in [-0.05, 0) is 0 Å². The molecule has 0 radical (unpaired) electrons. The van der Waals surface area contributed by atoms with Crippen molar-refractivity contribution in [2.24, 2.45) is 0 Å². The van der Waals surface area contributed by atoms with Crippen LogP contribution in [0, 0.1) is 0 Å². The first-order chi connectivity index (χ1) is 21.5. The number of halogens is 1. The molecule has 0 atom stereocenters. The summed E-state index contributed by atoms with van der Waals surface area (Å²) in [4.78, 5) is 0. The van der Waals surface area contributed by atoms with Crippen molar-refractivity contribution >= 4 is 20.8 Å². The summed E-state index contributed by atoms with van der Waals surface area (Å²) >= 11 is 4.82. The fourth-order valence-corrected chi connectivity index (χ4v) is 16.0. The summed E-state index contributed by atoms with van der Waals surface area (Å²) in [5.41, 5.74) is 0. The molecule has 0 unspecified atom stereocenters. The summed E-state index contributed by atoms with van der Waals surface area (Å²) < 4.78 is 0. The molecule has 0 nitrogen and oxygen atoms in total. The quantitative estimate of drug-likeness (QED) is 0.0444. The molecule has 0 saturated heterocycles. The van der Waals surface area contributed by atoms with Crippen LogP contribution in [0.25, 0.3) is 0 Å². The van der Waals surface area contributed by atoms with E-state index in [4.69, 9.17) is 15.5 Å². The minimum Gasteiger partial charge on any atom is -0.0654 e. The van der Waals surface area contributed by atoms with Gasteiger partial charge in [-0.1, -0.05) is 26.7 Å². The van der Waals surface area contributed by atoms with Gasteiger partial charge in [0.2, 0.25) is 0 Å². The van der Waals surface area contributed by atoms with Crippen molar-refractivity contribution in [3.63, 3.8) is 0 Å². The molecular weight excluding hydrogens is 615 g/mol. The first kappa shape index (κ1) is 44.9. The van der Waals surface area contributed by atoms with Crippen LogP contribution >= 0.6 is 20.8 Å². The van der Waals surface area contributed by atoms with Gasteiger partial charge in [0.1, 0.15) is 0 Å². The average Bonchev–Trinajstić information content (AvgIpc) is 3.02. The van der Waals surface area contributed by atoms with Gasteiger partial charge in [0, 0.05) is 0 Å². The van der Waals surface area contributed by atoms with E-state index < -0.39 is 5.31 Å². The van der Waals surface area contributed by atoms with Crippen molar-refractivity contribution in [3.8, 4) is 0 Å². The molecule has 268 valence electrons. The van der Waals surface area contributed by atoms with E-state index in [1.807, 2.05) is 0 Å². The molecule has 0 aromatic heterocycles. The third-order valence-corrected chi connectivity index (χ3v) is 20.8. The molecular formula is C42H88BrP. The SMILES string of the molecule is CCCCCCCCCCCCCCP(Br)(CCCCCCC)(CCCCCCC)CCCCCCCCCCCCCC. The van der Waals surface area contributed by atoms with Gasteiger partial charge in [-0.2, -0.15) is 0 Å². The third kappa shape index (κ3) is 29.1. The molecule has 0 fully saturated rings. The van der Waals surface area contributed by atoms with E-state index in [0.29, 0.717) is 0 Å². The van der Waals surface area contributed by atoms with E-state index in [0.717, 1.165) is 0 Å². The predicted molar refractivity (Wildman–Crippen MR) is 215 cm³/mol. The Bertz CT molecular complexity index is 500. The van der Waals surface area contributed by atoms with Crippen molar-refractivity contribution in [1.29, 1.82) is 0 Å². The van der Waals surface area contributed by atoms with E-state index >= 15 is 0 Å². The van der Waals surface area contributed by atoms with Crippen LogP contribution in [-0.4, -0.2) is 24.6 Å². The zero-order valence-electron chi connectivity index (χ0n) is 31.7. The second-order valence-electron chi connectivity index (χ2n) is 15.3. The third-order valence-electron chi connectivity index (χ3n) is 10.8. The summed E-state index contributed by atoms with van der Waals surface area (Å²) in [6.07, 6.45) is 56.0. The molecule has 0 aliphatic rings. The number of hydrogen-bond acceptors (Lipinski definition) is 0. The van der Waals surface area contributed by atoms with Crippen molar-refractivity contribution in [2.45, 2.75) is 246 Å². The molecule has 0 spiro atoms. The Balaban J connectivity index is 4.73. The Labute approximate surface area is 290 Å². The molecule has 0 aromatic carbocycles. The van der Waals surface area contributed by atoms with Crippen LogP contribution in [0.15, 0.2) is 0 Å². The molecule has 2 heteroatoms. The van der Waals surface area contributed by atoms with Gasteiger partial charge >= 0.3 is 265 Å². The molecule has 0 N–H and O–H groups in total. The number of rotatable bonds is 38. The first-order valence-electron chi connectivity index (χ1n) is 21.3. The van der Waals surface area contributed by atoms with Crippen LogP contribution in [0.5, 0.6) is 0 Å². The van der Waals surface area contributed by atoms with Gasteiger partial charge in [0.25, 0.3) is 0 Å². The minimum absolute atomic E-state index is 1.37. The molecule has 0 heterocycles. The summed E-state index contributed by atoms with van der Waals surface area (Å²) in [7, 11) is 0. The second-order valence-corrected chi connectivity index (χ2v) is 26.8. The molecule has 0 rings (SSSR count). The van der Waals surface area contributed by atoms with Crippen LogP contribution in [-0.2, 0) is 0 Å². The molecule has 44 heavy (non-hydrogen) atoms. The predicted octanol–water partition coefficient (Wildman–Crippen LogP) is 17.2. The summed E-state index contributed by atoms with van der Waals surface area (Å²) in [5, 5.41) is -1.80. The van der Waals surface area contributed by atoms with Gasteiger partial charge < -0.3 is 0 Å². The van der Waals surface area contributed by atoms with Crippen molar-refractivity contribution in [1.82, 2.24) is 0 Å². The Morgan fingerprint density at radius 1 is 0.227 bits per heavy atom. The molecule has 0 aromatic rings. The van der Waals surface area contributed by atoms with E-state index in [-0.39, 0.29) is 0 Å². The summed E-state index contributed by atoms with van der Waals surface area (Å²) in [6, 6.07) is 0. The summed E-state index contributed by atoms with van der Waals surface area (Å²) in [6.45, 7) is 9.37. The Kier molecular flexibility index (Phi) is 34.5. The summed E-state index contributed by atoms with van der Waals surface area (Å²) in [5.74, 6) is 0. The van der Waals surface area contributed by atoms with Crippen molar-refractivity contribution < 1.29 is 0 Å². The van der Waals surface area contributed by atoms with Gasteiger partial charge in [0.15, 0.2) is 0 Å². The van der Waals surface area contributed by atoms with Crippen LogP contribution in [0.1, 0.15) is 246 Å². The van der Waals surface area contributed by atoms with Gasteiger partial charge in [-0.3, -0.25) is 0 Å². The topological polar surface area (TPSA) is 0 Å². The zero-order chi connectivity index (χ0) is 32.3. The first-order valence-corrected chi connectivity index (χ1v) is 26.3. The standard InChI is InChI=1S/C42H88BrP/c1-5-9-13-17-19-21-23-25-27-29-33-37-41-44(43,39-35-31-15-11-7-3,40-36-32-16-12-8-4)42-38-34-30-28-26-24-22-20-18-14-10-6-2/h5-42H2,1-4H3. The molecule has 0 aliphatic heterocycles. The van der Waals surface area contributed by atoms with Crippen molar-refractivity contribution in [2.75, 3.05) is 24.6 Å². The fraction of sp³-hybridized carbons (Fsp3) is 1.00. The van der Waals surface area contributed by atoms with Crippen LogP contribution in [0.3, 0.4) is 0 Å². The number of unbranched alkanes of at least 4 members (excludes halogenated alkanes) is 30. The van der Waals surface area contributed by atoms with E-state index in [1.54, 1.807) is 24.6 Å². The van der Waals surface area contributed by atoms with Crippen LogP contribution in [0.2, 0.25) is 0 Å². The Hall–Kier alpha value is 0.910. The van der Waals surface area contributed by atoms with Gasteiger partial charge in [-0.15, -0.1) is 0 Å². The van der Waals surface area contributed by atoms with Gasteiger partial charge in [0.05, 0.1) is 0 Å². The van der Waals surface area contributed by atoms with E-state index in [9.17, 15) is 0 Å². The second kappa shape index (κ2) is 33.8. The van der Waals surface area contributed by atoms with E-state index in [2.05, 4.69) is 27.7 Å². The van der Waals surface area contributed by atoms with Gasteiger partial charge in [-0.25, -0.2) is 0 Å². The smallest absolute Gasteiger partial charge is 0.0654 e. The normalized spacial score (nSPS) is 13.0. The maximum atomic E-state index is 4.82. The van der Waals surface area contributed by atoms with Crippen LogP contribution < -0.4 is 0 Å². The molecule has 0 amide bonds. The number of hydrogen-bond donors (Lipinski definition) is 0. The molecule has 0 bridgehead atoms.